The van der Waals surface area contributed by atoms with Gasteiger partial charge in [-0.15, -0.1) is 0 Å². The van der Waals surface area contributed by atoms with E-state index in [0.29, 0.717) is 22.9 Å². The summed E-state index contributed by atoms with van der Waals surface area (Å²) in [6.45, 7) is 8.06. The van der Waals surface area contributed by atoms with Crippen LogP contribution in [0.5, 0.6) is 5.75 Å². The van der Waals surface area contributed by atoms with Crippen molar-refractivity contribution in [1.82, 2.24) is 0 Å². The molecule has 0 saturated carbocycles. The lowest BCUT2D eigenvalue weighted by atomic mass is 10.1. The molecule has 0 saturated heterocycles. The number of rotatable bonds is 5. The van der Waals surface area contributed by atoms with Crippen LogP contribution in [0.15, 0.2) is 30.4 Å². The molecule has 2 nitrogen and oxygen atoms in total. The number of halogens is 1. The van der Waals surface area contributed by atoms with Crippen LogP contribution < -0.4 is 4.74 Å². The Bertz CT molecular complexity index is 372. The lowest BCUT2D eigenvalue weighted by Crippen LogP contribution is -2.03. The van der Waals surface area contributed by atoms with Crippen molar-refractivity contribution < 1.29 is 9.84 Å². The average Bonchev–Trinajstić information content (AvgIpc) is 2.26. The molecule has 1 aromatic rings. The van der Waals surface area contributed by atoms with Gasteiger partial charge in [0.15, 0.2) is 0 Å². The minimum absolute atomic E-state index is 0.470. The maximum absolute atomic E-state index is 9.59. The average molecular weight is 241 g/mol. The van der Waals surface area contributed by atoms with Crippen LogP contribution in [0.25, 0.3) is 0 Å². The van der Waals surface area contributed by atoms with Gasteiger partial charge in [-0.05, 0) is 37.1 Å². The Morgan fingerprint density at radius 3 is 2.81 bits per heavy atom. The van der Waals surface area contributed by atoms with Crippen LogP contribution in [-0.2, 0) is 0 Å². The molecule has 0 spiro atoms. The Kier molecular flexibility index (Phi) is 4.84. The fraction of sp³-hybridized carbons (Fsp3) is 0.385. The minimum atomic E-state index is -0.594. The highest BCUT2D eigenvalue weighted by molar-refractivity contribution is 6.30. The molecule has 0 unspecified atom stereocenters. The summed E-state index contributed by atoms with van der Waals surface area (Å²) in [5.41, 5.74) is 1.72. The van der Waals surface area contributed by atoms with Crippen molar-refractivity contribution in [2.75, 3.05) is 6.61 Å². The molecule has 0 aliphatic heterocycles. The van der Waals surface area contributed by atoms with Gasteiger partial charge < -0.3 is 9.84 Å². The van der Waals surface area contributed by atoms with E-state index in [-0.39, 0.29) is 0 Å². The van der Waals surface area contributed by atoms with Gasteiger partial charge in [0.2, 0.25) is 0 Å². The van der Waals surface area contributed by atoms with Crippen molar-refractivity contribution in [2.45, 2.75) is 26.4 Å². The summed E-state index contributed by atoms with van der Waals surface area (Å²) >= 11 is 5.87. The van der Waals surface area contributed by atoms with E-state index in [9.17, 15) is 5.11 Å². The van der Waals surface area contributed by atoms with Crippen molar-refractivity contribution >= 4 is 11.6 Å². The smallest absolute Gasteiger partial charge is 0.125 e. The highest BCUT2D eigenvalue weighted by Gasteiger charge is 2.10. The van der Waals surface area contributed by atoms with Crippen LogP contribution >= 0.6 is 11.6 Å². The molecule has 1 aromatic carbocycles. The van der Waals surface area contributed by atoms with E-state index < -0.39 is 6.10 Å². The SMILES string of the molecule is C=C(CC)COc1ccc(Cl)cc1[C@@H](C)O. The standard InChI is InChI=1S/C13H17ClO2/c1-4-9(2)8-16-13-6-5-11(14)7-12(13)10(3)15/h5-7,10,15H,2,4,8H2,1,3H3/t10-/m1/s1. The number of aliphatic hydroxyl groups excluding tert-OH is 1. The highest BCUT2D eigenvalue weighted by atomic mass is 35.5. The van der Waals surface area contributed by atoms with Gasteiger partial charge in [-0.25, -0.2) is 0 Å². The molecule has 0 aromatic heterocycles. The van der Waals surface area contributed by atoms with Crippen LogP contribution in [0, 0.1) is 0 Å². The predicted molar refractivity (Wildman–Crippen MR) is 67.0 cm³/mol. The Morgan fingerprint density at radius 2 is 2.25 bits per heavy atom. The third kappa shape index (κ3) is 3.54. The van der Waals surface area contributed by atoms with Crippen molar-refractivity contribution in [2.24, 2.45) is 0 Å². The maximum atomic E-state index is 9.59. The van der Waals surface area contributed by atoms with E-state index in [4.69, 9.17) is 16.3 Å². The van der Waals surface area contributed by atoms with E-state index in [1.54, 1.807) is 25.1 Å². The summed E-state index contributed by atoms with van der Waals surface area (Å²) in [4.78, 5) is 0. The molecule has 88 valence electrons. The summed E-state index contributed by atoms with van der Waals surface area (Å²) in [6.07, 6.45) is 0.293. The Balaban J connectivity index is 2.82. The number of benzene rings is 1. The molecule has 0 heterocycles. The second kappa shape index (κ2) is 5.92. The highest BCUT2D eigenvalue weighted by Crippen LogP contribution is 2.28. The van der Waals surface area contributed by atoms with Crippen molar-refractivity contribution in [3.63, 3.8) is 0 Å². The van der Waals surface area contributed by atoms with Crippen LogP contribution in [0.2, 0.25) is 5.02 Å². The first-order valence-electron chi connectivity index (χ1n) is 5.31. The molecule has 1 N–H and O–H groups in total. The molecular formula is C13H17ClO2. The third-order valence-corrected chi connectivity index (χ3v) is 2.59. The molecule has 0 fully saturated rings. The second-order valence-corrected chi connectivity index (χ2v) is 4.19. The normalized spacial score (nSPS) is 12.2. The van der Waals surface area contributed by atoms with Crippen LogP contribution in [-0.4, -0.2) is 11.7 Å². The van der Waals surface area contributed by atoms with Crippen LogP contribution in [0.1, 0.15) is 31.9 Å². The molecule has 1 rings (SSSR count). The zero-order valence-corrected chi connectivity index (χ0v) is 10.4. The van der Waals surface area contributed by atoms with Crippen LogP contribution in [0.3, 0.4) is 0 Å². The van der Waals surface area contributed by atoms with E-state index in [1.165, 1.54) is 0 Å². The molecule has 0 aliphatic carbocycles. The molecule has 0 amide bonds. The first-order valence-corrected chi connectivity index (χ1v) is 5.69. The Labute approximate surface area is 102 Å². The Morgan fingerprint density at radius 1 is 1.56 bits per heavy atom. The number of hydrogen-bond acceptors (Lipinski definition) is 2. The topological polar surface area (TPSA) is 29.5 Å². The van der Waals surface area contributed by atoms with Gasteiger partial charge in [-0.1, -0.05) is 25.1 Å². The van der Waals surface area contributed by atoms with Gasteiger partial charge in [0.25, 0.3) is 0 Å². The predicted octanol–water partition coefficient (Wildman–Crippen LogP) is 3.74. The maximum Gasteiger partial charge on any atom is 0.125 e. The zero-order chi connectivity index (χ0) is 12.1. The van der Waals surface area contributed by atoms with Gasteiger partial charge in [0, 0.05) is 10.6 Å². The molecule has 3 heteroatoms. The largest absolute Gasteiger partial charge is 0.489 e. The van der Waals surface area contributed by atoms with Crippen LogP contribution in [0.4, 0.5) is 0 Å². The van der Waals surface area contributed by atoms with E-state index in [1.807, 2.05) is 6.92 Å². The monoisotopic (exact) mass is 240 g/mol. The van der Waals surface area contributed by atoms with Gasteiger partial charge in [-0.2, -0.15) is 0 Å². The van der Waals surface area contributed by atoms with E-state index in [0.717, 1.165) is 12.0 Å². The van der Waals surface area contributed by atoms with Gasteiger partial charge >= 0.3 is 0 Å². The van der Waals surface area contributed by atoms with Gasteiger partial charge in [0.05, 0.1) is 6.10 Å². The number of hydrogen-bond donors (Lipinski definition) is 1. The summed E-state index contributed by atoms with van der Waals surface area (Å²) < 4.78 is 5.59. The molecular weight excluding hydrogens is 224 g/mol. The van der Waals surface area contributed by atoms with Crippen molar-refractivity contribution in [3.8, 4) is 5.75 Å². The Hall–Kier alpha value is -0.990. The lowest BCUT2D eigenvalue weighted by molar-refractivity contribution is 0.192. The van der Waals surface area contributed by atoms with E-state index >= 15 is 0 Å². The number of ether oxygens (including phenoxy) is 1. The summed E-state index contributed by atoms with van der Waals surface area (Å²) in [5.74, 6) is 0.661. The van der Waals surface area contributed by atoms with Gasteiger partial charge in [0.1, 0.15) is 12.4 Å². The summed E-state index contributed by atoms with van der Waals surface area (Å²) in [7, 11) is 0. The summed E-state index contributed by atoms with van der Waals surface area (Å²) in [6, 6.07) is 5.24. The first-order chi connectivity index (χ1) is 7.54. The molecule has 1 atom stereocenters. The quantitative estimate of drug-likeness (QED) is 0.795. The fourth-order valence-electron chi connectivity index (χ4n) is 1.26. The van der Waals surface area contributed by atoms with Crippen molar-refractivity contribution in [3.05, 3.63) is 40.9 Å². The van der Waals surface area contributed by atoms with Gasteiger partial charge in [-0.3, -0.25) is 0 Å². The molecule has 0 aliphatic rings. The van der Waals surface area contributed by atoms with Crippen molar-refractivity contribution in [1.29, 1.82) is 0 Å². The zero-order valence-electron chi connectivity index (χ0n) is 9.66. The molecule has 0 bridgehead atoms. The first kappa shape index (κ1) is 13.1. The molecule has 16 heavy (non-hydrogen) atoms. The van der Waals surface area contributed by atoms with E-state index in [2.05, 4.69) is 6.58 Å². The molecule has 0 radical (unpaired) electrons. The number of aliphatic hydroxyl groups is 1. The summed E-state index contributed by atoms with van der Waals surface area (Å²) in [5, 5.41) is 10.2. The third-order valence-electron chi connectivity index (χ3n) is 2.35. The minimum Gasteiger partial charge on any atom is -0.489 e. The second-order valence-electron chi connectivity index (χ2n) is 3.75. The lowest BCUT2D eigenvalue weighted by Gasteiger charge is -2.14. The fourth-order valence-corrected chi connectivity index (χ4v) is 1.44.